The van der Waals surface area contributed by atoms with Crippen LogP contribution in [0.3, 0.4) is 0 Å². The van der Waals surface area contributed by atoms with E-state index in [4.69, 9.17) is 4.74 Å². The van der Waals surface area contributed by atoms with Crippen LogP contribution in [-0.4, -0.2) is 32.7 Å². The Labute approximate surface area is 109 Å². The molecule has 0 aromatic heterocycles. The lowest BCUT2D eigenvalue weighted by Gasteiger charge is -2.11. The average Bonchev–Trinajstić information content (AvgIpc) is 2.39. The van der Waals surface area contributed by atoms with E-state index in [1.165, 1.54) is 0 Å². The Morgan fingerprint density at radius 1 is 1.33 bits per heavy atom. The molecule has 0 heterocycles. The summed E-state index contributed by atoms with van der Waals surface area (Å²) in [6, 6.07) is 9.68. The number of benzene rings is 1. The smallest absolute Gasteiger partial charge is 0.224 e. The van der Waals surface area contributed by atoms with Crippen LogP contribution in [0.1, 0.15) is 13.3 Å². The summed E-state index contributed by atoms with van der Waals surface area (Å²) >= 11 is 0. The second-order valence-corrected chi connectivity index (χ2v) is 4.26. The van der Waals surface area contributed by atoms with Crippen LogP contribution in [0.15, 0.2) is 30.3 Å². The fraction of sp³-hybridized carbons (Fsp3) is 0.500. The van der Waals surface area contributed by atoms with Crippen LogP contribution in [0.4, 0.5) is 0 Å². The van der Waals surface area contributed by atoms with Crippen LogP contribution in [-0.2, 0) is 4.79 Å². The fourth-order valence-electron chi connectivity index (χ4n) is 1.56. The number of hydrogen-bond acceptors (Lipinski definition) is 3. The predicted octanol–water partition coefficient (Wildman–Crippen LogP) is 1.43. The van der Waals surface area contributed by atoms with Gasteiger partial charge < -0.3 is 15.4 Å². The van der Waals surface area contributed by atoms with Crippen molar-refractivity contribution in [3.8, 4) is 5.75 Å². The molecular weight excluding hydrogens is 228 g/mol. The lowest BCUT2D eigenvalue weighted by molar-refractivity contribution is -0.124. The number of carbonyl (C=O) groups excluding carboxylic acids is 1. The molecule has 1 amide bonds. The molecule has 0 bridgehead atoms. The zero-order valence-electron chi connectivity index (χ0n) is 11.1. The molecule has 0 fully saturated rings. The van der Waals surface area contributed by atoms with Gasteiger partial charge in [0.1, 0.15) is 5.75 Å². The van der Waals surface area contributed by atoms with Crippen molar-refractivity contribution in [2.75, 3.05) is 26.7 Å². The first-order valence-corrected chi connectivity index (χ1v) is 6.34. The van der Waals surface area contributed by atoms with Gasteiger partial charge in [0.05, 0.1) is 6.61 Å². The van der Waals surface area contributed by atoms with Gasteiger partial charge in [-0.2, -0.15) is 0 Å². The van der Waals surface area contributed by atoms with Crippen LogP contribution in [0.2, 0.25) is 0 Å². The molecule has 0 spiro atoms. The first kappa shape index (κ1) is 14.5. The van der Waals surface area contributed by atoms with Gasteiger partial charge in [-0.3, -0.25) is 4.79 Å². The van der Waals surface area contributed by atoms with E-state index in [9.17, 15) is 4.79 Å². The van der Waals surface area contributed by atoms with E-state index in [1.807, 2.05) is 44.3 Å². The van der Waals surface area contributed by atoms with Gasteiger partial charge in [-0.15, -0.1) is 0 Å². The molecule has 1 unspecified atom stereocenters. The molecule has 18 heavy (non-hydrogen) atoms. The average molecular weight is 250 g/mol. The summed E-state index contributed by atoms with van der Waals surface area (Å²) < 4.78 is 5.53. The Hall–Kier alpha value is -1.55. The van der Waals surface area contributed by atoms with E-state index in [0.29, 0.717) is 19.7 Å². The first-order chi connectivity index (χ1) is 8.74. The minimum atomic E-state index is 0.00467. The molecule has 4 nitrogen and oxygen atoms in total. The number of carbonyl (C=O) groups is 1. The van der Waals surface area contributed by atoms with Gasteiger partial charge in [-0.05, 0) is 25.6 Å². The Balaban J connectivity index is 2.07. The standard InChI is InChI=1S/C14H22N2O2/c1-12(11-15-2)14(17)16-9-6-10-18-13-7-4-3-5-8-13/h3-5,7-8,12,15H,6,9-11H2,1-2H3,(H,16,17). The summed E-state index contributed by atoms with van der Waals surface area (Å²) in [5.41, 5.74) is 0. The van der Waals surface area contributed by atoms with Crippen molar-refractivity contribution in [3.63, 3.8) is 0 Å². The first-order valence-electron chi connectivity index (χ1n) is 6.34. The lowest BCUT2D eigenvalue weighted by atomic mass is 10.1. The van der Waals surface area contributed by atoms with Crippen molar-refractivity contribution in [2.45, 2.75) is 13.3 Å². The van der Waals surface area contributed by atoms with Crippen LogP contribution < -0.4 is 15.4 Å². The summed E-state index contributed by atoms with van der Waals surface area (Å²) in [4.78, 5) is 11.6. The molecule has 1 atom stereocenters. The molecule has 1 aromatic rings. The van der Waals surface area contributed by atoms with Crippen molar-refractivity contribution in [1.29, 1.82) is 0 Å². The highest BCUT2D eigenvalue weighted by Crippen LogP contribution is 2.08. The van der Waals surface area contributed by atoms with Crippen LogP contribution in [0, 0.1) is 5.92 Å². The minimum Gasteiger partial charge on any atom is -0.494 e. The second kappa shape index (κ2) is 8.53. The minimum absolute atomic E-state index is 0.00467. The lowest BCUT2D eigenvalue weighted by Crippen LogP contribution is -2.35. The van der Waals surface area contributed by atoms with Crippen LogP contribution >= 0.6 is 0 Å². The summed E-state index contributed by atoms with van der Waals surface area (Å²) in [7, 11) is 1.84. The number of ether oxygens (including phenoxy) is 1. The molecule has 4 heteroatoms. The number of para-hydroxylation sites is 1. The quantitative estimate of drug-likeness (QED) is 0.686. The maximum absolute atomic E-state index is 11.6. The topological polar surface area (TPSA) is 50.4 Å². The van der Waals surface area contributed by atoms with E-state index in [1.54, 1.807) is 0 Å². The number of amides is 1. The van der Waals surface area contributed by atoms with Crippen molar-refractivity contribution in [1.82, 2.24) is 10.6 Å². The number of rotatable bonds is 8. The molecule has 2 N–H and O–H groups in total. The molecule has 0 radical (unpaired) electrons. The summed E-state index contributed by atoms with van der Waals surface area (Å²) in [5.74, 6) is 0.960. The maximum atomic E-state index is 11.6. The van der Waals surface area contributed by atoms with E-state index in [0.717, 1.165) is 12.2 Å². The third kappa shape index (κ3) is 5.68. The molecule has 0 aliphatic carbocycles. The monoisotopic (exact) mass is 250 g/mol. The third-order valence-electron chi connectivity index (χ3n) is 2.59. The molecular formula is C14H22N2O2. The Morgan fingerprint density at radius 2 is 2.06 bits per heavy atom. The van der Waals surface area contributed by atoms with Gasteiger partial charge in [-0.25, -0.2) is 0 Å². The van der Waals surface area contributed by atoms with Crippen molar-refractivity contribution >= 4 is 5.91 Å². The van der Waals surface area contributed by atoms with Crippen molar-refractivity contribution < 1.29 is 9.53 Å². The fourth-order valence-corrected chi connectivity index (χ4v) is 1.56. The van der Waals surface area contributed by atoms with Crippen molar-refractivity contribution in [2.24, 2.45) is 5.92 Å². The SMILES string of the molecule is CNCC(C)C(=O)NCCCOc1ccccc1. The van der Waals surface area contributed by atoms with Gasteiger partial charge in [0, 0.05) is 19.0 Å². The van der Waals surface area contributed by atoms with E-state index >= 15 is 0 Å². The molecule has 1 aromatic carbocycles. The van der Waals surface area contributed by atoms with E-state index in [2.05, 4.69) is 10.6 Å². The van der Waals surface area contributed by atoms with Gasteiger partial charge in [-0.1, -0.05) is 25.1 Å². The van der Waals surface area contributed by atoms with Crippen LogP contribution in [0.5, 0.6) is 5.75 Å². The normalized spacial score (nSPS) is 11.9. The molecule has 0 aliphatic rings. The molecule has 0 saturated heterocycles. The molecule has 0 saturated carbocycles. The number of nitrogens with one attached hydrogen (secondary N) is 2. The van der Waals surface area contributed by atoms with Gasteiger partial charge in [0.2, 0.25) is 5.91 Å². The highest BCUT2D eigenvalue weighted by molar-refractivity contribution is 5.78. The summed E-state index contributed by atoms with van der Waals surface area (Å²) in [6.45, 7) is 3.88. The third-order valence-corrected chi connectivity index (χ3v) is 2.59. The van der Waals surface area contributed by atoms with Gasteiger partial charge in [0.15, 0.2) is 0 Å². The van der Waals surface area contributed by atoms with Crippen LogP contribution in [0.25, 0.3) is 0 Å². The van der Waals surface area contributed by atoms with Crippen molar-refractivity contribution in [3.05, 3.63) is 30.3 Å². The predicted molar refractivity (Wildman–Crippen MR) is 72.7 cm³/mol. The zero-order chi connectivity index (χ0) is 13.2. The highest BCUT2D eigenvalue weighted by Gasteiger charge is 2.10. The van der Waals surface area contributed by atoms with E-state index < -0.39 is 0 Å². The van der Waals surface area contributed by atoms with Gasteiger partial charge >= 0.3 is 0 Å². The second-order valence-electron chi connectivity index (χ2n) is 4.26. The maximum Gasteiger partial charge on any atom is 0.224 e. The van der Waals surface area contributed by atoms with E-state index in [-0.39, 0.29) is 11.8 Å². The highest BCUT2D eigenvalue weighted by atomic mass is 16.5. The Morgan fingerprint density at radius 3 is 2.72 bits per heavy atom. The largest absolute Gasteiger partial charge is 0.494 e. The number of hydrogen-bond donors (Lipinski definition) is 2. The Kier molecular flexibility index (Phi) is 6.87. The Bertz CT molecular complexity index is 341. The molecule has 0 aliphatic heterocycles. The molecule has 1 rings (SSSR count). The summed E-state index contributed by atoms with van der Waals surface area (Å²) in [5, 5.41) is 5.88. The summed E-state index contributed by atoms with van der Waals surface area (Å²) in [6.07, 6.45) is 0.812. The molecule has 100 valence electrons. The van der Waals surface area contributed by atoms with Gasteiger partial charge in [0.25, 0.3) is 0 Å². The zero-order valence-corrected chi connectivity index (χ0v) is 11.1.